The highest BCUT2D eigenvalue weighted by Gasteiger charge is 2.55. The predicted molar refractivity (Wildman–Crippen MR) is 228 cm³/mol. The van der Waals surface area contributed by atoms with E-state index < -0.39 is 77.3 Å². The molecule has 0 spiro atoms. The van der Waals surface area contributed by atoms with Crippen molar-refractivity contribution in [3.63, 3.8) is 0 Å². The van der Waals surface area contributed by atoms with Gasteiger partial charge in [-0.3, -0.25) is 18.2 Å². The minimum absolute atomic E-state index is 0.0716. The van der Waals surface area contributed by atoms with Gasteiger partial charge in [-0.1, -0.05) is 28.7 Å². The van der Waals surface area contributed by atoms with Gasteiger partial charge in [0.05, 0.1) is 33.2 Å². The third-order valence-corrected chi connectivity index (χ3v) is 28.9. The summed E-state index contributed by atoms with van der Waals surface area (Å²) in [6.45, 7) is 0. The van der Waals surface area contributed by atoms with Crippen molar-refractivity contribution >= 4 is 56.3 Å². The van der Waals surface area contributed by atoms with Crippen molar-refractivity contribution in [3.05, 3.63) is 0 Å². The van der Waals surface area contributed by atoms with Gasteiger partial charge in [0.2, 0.25) is 0 Å². The molecule has 338 valence electrons. The monoisotopic (exact) mass is 938 g/mol. The van der Waals surface area contributed by atoms with E-state index in [4.69, 9.17) is 9.47 Å². The van der Waals surface area contributed by atoms with Crippen LogP contribution in [0.1, 0.15) is 141 Å². The molecular weight excluding hydrogens is 871 g/mol. The van der Waals surface area contributed by atoms with E-state index in [-0.39, 0.29) is 58.0 Å². The largest absolute Gasteiger partial charge is 0.381 e. The molecule has 0 aliphatic heterocycles. The van der Waals surface area contributed by atoms with E-state index >= 15 is 0 Å². The van der Waals surface area contributed by atoms with Crippen molar-refractivity contribution in [2.24, 2.45) is 11.8 Å². The van der Waals surface area contributed by atoms with E-state index in [1.165, 1.54) is 0 Å². The SMILES string of the molecule is COC1CCCC(P(C2CCC(S(=O)(=O)O)CC2)C2CCC(S(=O)(=O)O)CC2)C1C1C(OC)CCCC1P(C1CCC(S(=O)(=O)O)CC1)C1CCC(S(=O)(=O)O)CC1. The van der Waals surface area contributed by atoms with Crippen LogP contribution in [0.15, 0.2) is 0 Å². The van der Waals surface area contributed by atoms with Gasteiger partial charge in [-0.2, -0.15) is 33.7 Å². The third kappa shape index (κ3) is 11.2. The Morgan fingerprint density at radius 1 is 0.362 bits per heavy atom. The van der Waals surface area contributed by atoms with Crippen LogP contribution in [0.3, 0.4) is 0 Å². The summed E-state index contributed by atoms with van der Waals surface area (Å²) in [5.74, 6) is 0.180. The summed E-state index contributed by atoms with van der Waals surface area (Å²) in [5.41, 5.74) is 1.33. The lowest BCUT2D eigenvalue weighted by atomic mass is 9.69. The van der Waals surface area contributed by atoms with E-state index in [1.807, 2.05) is 0 Å². The minimum Gasteiger partial charge on any atom is -0.381 e. The molecule has 6 aliphatic rings. The lowest BCUT2D eigenvalue weighted by Crippen LogP contribution is -2.53. The number of ether oxygens (including phenoxy) is 2. The Bertz CT molecular complexity index is 1560. The van der Waals surface area contributed by atoms with Crippen LogP contribution in [-0.2, 0) is 49.9 Å². The second-order valence-electron chi connectivity index (χ2n) is 18.4. The highest BCUT2D eigenvalue weighted by Crippen LogP contribution is 2.69. The molecule has 6 atom stereocenters. The van der Waals surface area contributed by atoms with Crippen LogP contribution >= 0.6 is 15.8 Å². The average molecular weight is 939 g/mol. The number of hydrogen-bond donors (Lipinski definition) is 4. The fraction of sp³-hybridized carbons (Fsp3) is 1.00. The zero-order valence-corrected chi connectivity index (χ0v) is 39.1. The highest BCUT2D eigenvalue weighted by atomic mass is 32.2. The van der Waals surface area contributed by atoms with Gasteiger partial charge in [0, 0.05) is 14.2 Å². The van der Waals surface area contributed by atoms with Crippen LogP contribution in [0.2, 0.25) is 0 Å². The Hall–Kier alpha value is 0.420. The van der Waals surface area contributed by atoms with Gasteiger partial charge >= 0.3 is 0 Å². The zero-order chi connectivity index (χ0) is 42.2. The quantitative estimate of drug-likeness (QED) is 0.106. The molecule has 6 aliphatic carbocycles. The maximum absolute atomic E-state index is 12.3. The van der Waals surface area contributed by atoms with Crippen LogP contribution in [0.25, 0.3) is 0 Å². The summed E-state index contributed by atoms with van der Waals surface area (Å²) in [7, 11) is -14.8. The molecule has 0 aromatic carbocycles. The summed E-state index contributed by atoms with van der Waals surface area (Å²) >= 11 is 0. The first kappa shape index (κ1) is 47.9. The minimum atomic E-state index is -4.18. The molecule has 6 fully saturated rings. The van der Waals surface area contributed by atoms with E-state index in [1.54, 1.807) is 14.2 Å². The molecule has 6 rings (SSSR count). The molecule has 58 heavy (non-hydrogen) atoms. The van der Waals surface area contributed by atoms with Gasteiger partial charge in [0.1, 0.15) is 0 Å². The molecule has 14 nitrogen and oxygen atoms in total. The van der Waals surface area contributed by atoms with Crippen molar-refractivity contribution in [2.75, 3.05) is 14.2 Å². The van der Waals surface area contributed by atoms with Crippen molar-refractivity contribution in [2.45, 2.75) is 208 Å². The molecule has 6 unspecified atom stereocenters. The Labute approximate surface area is 350 Å². The van der Waals surface area contributed by atoms with Crippen LogP contribution in [0.5, 0.6) is 0 Å². The van der Waals surface area contributed by atoms with E-state index in [2.05, 4.69) is 0 Å². The fourth-order valence-corrected chi connectivity index (χ4v) is 25.8. The summed E-state index contributed by atoms with van der Waals surface area (Å²) in [6.07, 6.45) is 13.8. The first-order chi connectivity index (χ1) is 27.2. The Morgan fingerprint density at radius 3 is 0.776 bits per heavy atom. The molecule has 0 radical (unpaired) electrons. The topological polar surface area (TPSA) is 236 Å². The Kier molecular flexibility index (Phi) is 16.2. The second kappa shape index (κ2) is 19.7. The van der Waals surface area contributed by atoms with Gasteiger partial charge in [0.25, 0.3) is 40.5 Å². The lowest BCUT2D eigenvalue weighted by Gasteiger charge is -2.57. The summed E-state index contributed by atoms with van der Waals surface area (Å²) in [6, 6.07) is 0. The smallest absolute Gasteiger partial charge is 0.267 e. The average Bonchev–Trinajstić information content (AvgIpc) is 3.17. The van der Waals surface area contributed by atoms with Gasteiger partial charge in [0.15, 0.2) is 0 Å². The second-order valence-corrected chi connectivity index (χ2v) is 31.2. The van der Waals surface area contributed by atoms with Gasteiger partial charge in [-0.05, 0) is 174 Å². The number of methoxy groups -OCH3 is 2. The summed E-state index contributed by atoms with van der Waals surface area (Å²) in [5, 5.41) is -3.16. The van der Waals surface area contributed by atoms with Crippen LogP contribution in [-0.4, -0.2) is 133 Å². The molecule has 0 aromatic rings. The van der Waals surface area contributed by atoms with Crippen molar-refractivity contribution < 1.29 is 61.4 Å². The van der Waals surface area contributed by atoms with Crippen LogP contribution < -0.4 is 0 Å². The molecule has 0 aromatic heterocycles. The highest BCUT2D eigenvalue weighted by molar-refractivity contribution is 7.87. The van der Waals surface area contributed by atoms with Crippen LogP contribution in [0.4, 0.5) is 0 Å². The van der Waals surface area contributed by atoms with E-state index in [0.717, 1.165) is 38.5 Å². The maximum atomic E-state index is 12.3. The first-order valence-electron chi connectivity index (χ1n) is 21.7. The Morgan fingerprint density at radius 2 is 0.586 bits per heavy atom. The summed E-state index contributed by atoms with van der Waals surface area (Å²) in [4.78, 5) is 0. The molecule has 4 N–H and O–H groups in total. The van der Waals surface area contributed by atoms with Gasteiger partial charge < -0.3 is 9.47 Å². The predicted octanol–water partition coefficient (Wildman–Crippen LogP) is 7.11. The molecule has 0 heterocycles. The van der Waals surface area contributed by atoms with E-state index in [0.29, 0.717) is 103 Å². The first-order valence-corrected chi connectivity index (χ1v) is 30.8. The van der Waals surface area contributed by atoms with Crippen LogP contribution in [0, 0.1) is 11.8 Å². The molecule has 6 saturated carbocycles. The van der Waals surface area contributed by atoms with Gasteiger partial charge in [-0.25, -0.2) is 0 Å². The fourth-order valence-electron chi connectivity index (χ4n) is 12.8. The lowest BCUT2D eigenvalue weighted by molar-refractivity contribution is -0.0605. The summed E-state index contributed by atoms with van der Waals surface area (Å²) < 4.78 is 151. The molecular formula is C38H68O14P2S4. The zero-order valence-electron chi connectivity index (χ0n) is 34.0. The maximum Gasteiger partial charge on any atom is 0.267 e. The standard InChI is InChI=1S/C38H68O14P2S4/c1-51-33-5-3-7-35(53(25-9-17-29(18-10-25)55(39,40)41)26-11-19-30(20-12-26)56(42,43)44)37(33)38-34(52-2)6-4-8-36(38)54(27-13-21-31(22-14-27)57(45,46)47)28-15-23-32(24-16-28)58(48,49)50/h25-38H,3-24H2,1-2H3,(H,39,40,41)(H,42,43,44)(H,45,46,47)(H,48,49,50). The van der Waals surface area contributed by atoms with E-state index in [9.17, 15) is 51.9 Å². The van der Waals surface area contributed by atoms with Crippen molar-refractivity contribution in [3.8, 4) is 0 Å². The molecule has 20 heteroatoms. The Balaban J connectivity index is 1.39. The molecule has 0 amide bonds. The van der Waals surface area contributed by atoms with Crippen molar-refractivity contribution in [1.82, 2.24) is 0 Å². The number of rotatable bonds is 13. The van der Waals surface area contributed by atoms with Gasteiger partial charge in [-0.15, -0.1) is 0 Å². The normalized spacial score (nSPS) is 41.3. The third-order valence-electron chi connectivity index (χ3n) is 15.5. The van der Waals surface area contributed by atoms with Crippen molar-refractivity contribution in [1.29, 1.82) is 0 Å². The molecule has 0 saturated heterocycles. The molecule has 0 bridgehead atoms. The number of hydrogen-bond acceptors (Lipinski definition) is 10.